The van der Waals surface area contributed by atoms with E-state index in [-0.39, 0.29) is 12.1 Å². The first kappa shape index (κ1) is 29.3. The van der Waals surface area contributed by atoms with Crippen LogP contribution in [0.25, 0.3) is 47.7 Å². The lowest BCUT2D eigenvalue weighted by molar-refractivity contribution is 0.591. The third-order valence-electron chi connectivity index (χ3n) is 11.8. The van der Waals surface area contributed by atoms with E-state index in [0.29, 0.717) is 5.56 Å². The zero-order valence-electron chi connectivity index (χ0n) is 29.5. The van der Waals surface area contributed by atoms with Crippen LogP contribution in [0.2, 0.25) is 0 Å². The van der Waals surface area contributed by atoms with Gasteiger partial charge in [0.1, 0.15) is 0 Å². The Balaban J connectivity index is 1.22. The number of anilines is 6. The molecule has 0 saturated heterocycles. The molecule has 12 rings (SSSR count). The maximum atomic E-state index is 10.7. The van der Waals surface area contributed by atoms with Gasteiger partial charge in [-0.05, 0) is 82.0 Å². The molecule has 53 heavy (non-hydrogen) atoms. The van der Waals surface area contributed by atoms with E-state index < -0.39 is 0 Å². The Kier molecular flexibility index (Phi) is 5.52. The molecule has 3 aliphatic rings. The van der Waals surface area contributed by atoms with Gasteiger partial charge in [0.2, 0.25) is 0 Å². The fraction of sp³-hybridized carbons (Fsp3) is 0.0851. The third kappa shape index (κ3) is 3.70. The lowest BCUT2D eigenvalue weighted by Gasteiger charge is -2.46. The number of fused-ring (bicyclic) bond motifs is 12. The van der Waals surface area contributed by atoms with E-state index >= 15 is 0 Å². The van der Waals surface area contributed by atoms with Crippen LogP contribution in [-0.4, -0.2) is 11.3 Å². The fourth-order valence-electron chi connectivity index (χ4n) is 9.56. The highest BCUT2D eigenvalue weighted by atomic mass is 32.1. The van der Waals surface area contributed by atoms with Gasteiger partial charge in [0.25, 0.3) is 6.71 Å². The van der Waals surface area contributed by atoms with Crippen LogP contribution < -0.4 is 26.2 Å². The summed E-state index contributed by atoms with van der Waals surface area (Å²) in [6.45, 7) is 6.88. The average molecular weight is 695 g/mol. The zero-order valence-corrected chi connectivity index (χ0v) is 30.3. The molecular formula is C47H31BN4S. The van der Waals surface area contributed by atoms with Crippen molar-refractivity contribution in [2.75, 3.05) is 9.80 Å². The molecule has 0 atom stereocenters. The maximum Gasteiger partial charge on any atom is 0.252 e. The summed E-state index contributed by atoms with van der Waals surface area (Å²) < 4.78 is 5.02. The van der Waals surface area contributed by atoms with Gasteiger partial charge in [-0.15, -0.1) is 11.3 Å². The summed E-state index contributed by atoms with van der Waals surface area (Å²) in [4.78, 5) is 4.90. The molecule has 5 heterocycles. The van der Waals surface area contributed by atoms with E-state index in [1.165, 1.54) is 75.3 Å². The summed E-state index contributed by atoms with van der Waals surface area (Å²) >= 11 is 1.84. The van der Waals surface area contributed by atoms with Crippen LogP contribution >= 0.6 is 11.3 Å². The van der Waals surface area contributed by atoms with Crippen molar-refractivity contribution in [3.63, 3.8) is 0 Å². The topological polar surface area (TPSA) is 35.2 Å². The fourth-order valence-corrected chi connectivity index (χ4v) is 10.7. The van der Waals surface area contributed by atoms with Crippen molar-refractivity contribution in [1.29, 1.82) is 5.26 Å². The lowest BCUT2D eigenvalue weighted by atomic mass is 9.33. The zero-order chi connectivity index (χ0) is 35.3. The molecule has 0 N–H and O–H groups in total. The monoisotopic (exact) mass is 694 g/mol. The summed E-state index contributed by atoms with van der Waals surface area (Å²) in [5, 5.41) is 15.7. The van der Waals surface area contributed by atoms with Crippen LogP contribution in [0.15, 0.2) is 133 Å². The number of rotatable bonds is 1. The highest BCUT2D eigenvalue weighted by molar-refractivity contribution is 7.25. The Morgan fingerprint density at radius 2 is 1.32 bits per heavy atom. The normalized spacial score (nSPS) is 13.8. The Bertz CT molecular complexity index is 3160. The van der Waals surface area contributed by atoms with Gasteiger partial charge >= 0.3 is 0 Å². The second-order valence-corrected chi connectivity index (χ2v) is 16.8. The third-order valence-corrected chi connectivity index (χ3v) is 13.0. The predicted molar refractivity (Wildman–Crippen MR) is 225 cm³/mol. The van der Waals surface area contributed by atoms with Gasteiger partial charge in [-0.25, -0.2) is 0 Å². The van der Waals surface area contributed by atoms with Crippen LogP contribution in [0, 0.1) is 11.3 Å². The first-order chi connectivity index (χ1) is 25.9. The number of nitrogens with zero attached hydrogens (tertiary/aromatic N) is 4. The van der Waals surface area contributed by atoms with E-state index in [9.17, 15) is 5.26 Å². The van der Waals surface area contributed by atoms with Crippen molar-refractivity contribution in [1.82, 2.24) is 4.57 Å². The summed E-state index contributed by atoms with van der Waals surface area (Å²) in [6, 6.07) is 51.8. The van der Waals surface area contributed by atoms with E-state index in [1.807, 2.05) is 11.3 Å². The number of hydrogen-bond acceptors (Lipinski definition) is 4. The molecule has 0 aliphatic carbocycles. The summed E-state index contributed by atoms with van der Waals surface area (Å²) in [7, 11) is 0. The van der Waals surface area contributed by atoms with Crippen LogP contribution in [0.3, 0.4) is 0 Å². The van der Waals surface area contributed by atoms with Crippen molar-refractivity contribution < 1.29 is 0 Å². The van der Waals surface area contributed by atoms with Crippen LogP contribution in [-0.2, 0) is 5.41 Å². The molecule has 2 aromatic heterocycles. The van der Waals surface area contributed by atoms with Gasteiger partial charge in [0, 0.05) is 53.7 Å². The highest BCUT2D eigenvalue weighted by Gasteiger charge is 2.46. The molecule has 7 aromatic carbocycles. The van der Waals surface area contributed by atoms with Gasteiger partial charge in [-0.3, -0.25) is 0 Å². The van der Waals surface area contributed by atoms with Crippen molar-refractivity contribution in [3.8, 4) is 11.8 Å². The summed E-state index contributed by atoms with van der Waals surface area (Å²) in [5.74, 6) is 0. The summed E-state index contributed by atoms with van der Waals surface area (Å²) in [5.41, 5.74) is 16.1. The van der Waals surface area contributed by atoms with E-state index in [4.69, 9.17) is 0 Å². The SMILES string of the molecule is CC(C)(C)c1ccc2c(c1)B1c3cccc4c3N(c3cc(C#N)cc(c31)N2c1ccc2c(c1)sc1ccccc12)c1cccc2c3ccccc3n-4c12. The molecule has 0 unspecified atom stereocenters. The van der Waals surface area contributed by atoms with Crippen molar-refractivity contribution >= 4 is 111 Å². The Morgan fingerprint density at radius 3 is 2.17 bits per heavy atom. The first-order valence-corrected chi connectivity index (χ1v) is 19.1. The van der Waals surface area contributed by atoms with Crippen molar-refractivity contribution in [2.45, 2.75) is 26.2 Å². The van der Waals surface area contributed by atoms with Crippen LogP contribution in [0.5, 0.6) is 0 Å². The Morgan fingerprint density at radius 1 is 0.585 bits per heavy atom. The Labute approximate surface area is 311 Å². The lowest BCUT2D eigenvalue weighted by Crippen LogP contribution is -2.62. The van der Waals surface area contributed by atoms with Crippen LogP contribution in [0.1, 0.15) is 31.9 Å². The quantitative estimate of drug-likeness (QED) is 0.161. The molecule has 3 aliphatic heterocycles. The van der Waals surface area contributed by atoms with Gasteiger partial charge in [-0.1, -0.05) is 99.6 Å². The molecule has 9 aromatic rings. The largest absolute Gasteiger partial charge is 0.311 e. The maximum absolute atomic E-state index is 10.7. The van der Waals surface area contributed by atoms with E-state index in [0.717, 1.165) is 28.4 Å². The first-order valence-electron chi connectivity index (χ1n) is 18.3. The van der Waals surface area contributed by atoms with E-state index in [2.05, 4.69) is 175 Å². The number of para-hydroxylation sites is 3. The van der Waals surface area contributed by atoms with E-state index in [1.54, 1.807) is 0 Å². The molecule has 0 radical (unpaired) electrons. The molecule has 4 nitrogen and oxygen atoms in total. The van der Waals surface area contributed by atoms with Gasteiger partial charge in [0.15, 0.2) is 0 Å². The van der Waals surface area contributed by atoms with Gasteiger partial charge in [0.05, 0.1) is 39.7 Å². The van der Waals surface area contributed by atoms with Gasteiger partial charge < -0.3 is 14.4 Å². The molecule has 0 fully saturated rings. The van der Waals surface area contributed by atoms with Crippen molar-refractivity contribution in [3.05, 3.63) is 145 Å². The molecule has 0 spiro atoms. The molecular weight excluding hydrogens is 663 g/mol. The minimum atomic E-state index is -0.0327. The number of aromatic nitrogens is 1. The molecule has 248 valence electrons. The standard InChI is InChI=1S/C47H31BN4S/c1-47(2,3)28-18-21-37-35(24-28)48-34-13-9-16-39-46(34)52(38-15-8-12-33-30-10-4-6-14-36(30)51(39)45(33)38)41-23-27(26-49)22-40(44(41)48)50(37)29-19-20-32-31-11-5-7-17-42(31)53-43(32)25-29/h4-25H,1-3H3. The minimum Gasteiger partial charge on any atom is -0.311 e. The second-order valence-electron chi connectivity index (χ2n) is 15.7. The second kappa shape index (κ2) is 9.98. The molecule has 0 bridgehead atoms. The molecule has 6 heteroatoms. The highest BCUT2D eigenvalue weighted by Crippen LogP contribution is 2.52. The smallest absolute Gasteiger partial charge is 0.252 e. The number of hydrogen-bond donors (Lipinski definition) is 0. The molecule has 0 amide bonds. The Hall–Kier alpha value is -6.29. The predicted octanol–water partition coefficient (Wildman–Crippen LogP) is 10.7. The van der Waals surface area contributed by atoms with Crippen LogP contribution in [0.4, 0.5) is 34.1 Å². The number of benzene rings is 7. The number of nitriles is 1. The van der Waals surface area contributed by atoms with Crippen molar-refractivity contribution in [2.24, 2.45) is 0 Å². The van der Waals surface area contributed by atoms with Gasteiger partial charge in [-0.2, -0.15) is 5.26 Å². The minimum absolute atomic E-state index is 0.0249. The summed E-state index contributed by atoms with van der Waals surface area (Å²) in [6.07, 6.45) is 0. The average Bonchev–Trinajstić information content (AvgIpc) is 3.72. The number of thiophene rings is 1. The molecule has 0 saturated carbocycles.